The Bertz CT molecular complexity index is 931. The first-order chi connectivity index (χ1) is 15.4. The van der Waals surface area contributed by atoms with Crippen LogP contribution in [0.5, 0.6) is 0 Å². The average Bonchev–Trinajstić information content (AvgIpc) is 2.76. The molecule has 0 heterocycles. The van der Waals surface area contributed by atoms with Crippen molar-refractivity contribution < 1.29 is 0 Å². The molecule has 0 atom stereocenters. The molecule has 1 radical (unpaired) electrons. The van der Waals surface area contributed by atoms with Crippen LogP contribution in [-0.2, 0) is 0 Å². The number of fused-ring (bicyclic) bond motifs is 2. The normalized spacial score (nSPS) is 20.1. The highest BCUT2D eigenvalue weighted by Crippen LogP contribution is 2.39. The van der Waals surface area contributed by atoms with E-state index in [1.807, 2.05) is 0 Å². The lowest BCUT2D eigenvalue weighted by molar-refractivity contribution is 0.459. The van der Waals surface area contributed by atoms with Crippen molar-refractivity contribution in [1.82, 2.24) is 0 Å². The van der Waals surface area contributed by atoms with Crippen LogP contribution in [0.4, 0.5) is 0 Å². The third-order valence-electron chi connectivity index (χ3n) is 8.08. The summed E-state index contributed by atoms with van der Waals surface area (Å²) in [7, 11) is 2.68. The predicted octanol–water partition coefficient (Wildman–Crippen LogP) is 8.68. The first-order valence-corrected chi connectivity index (χ1v) is 13.2. The van der Waals surface area contributed by atoms with Gasteiger partial charge in [0.25, 0.3) is 0 Å². The molecule has 3 aromatic carbocycles. The highest BCUT2D eigenvalue weighted by molar-refractivity contribution is 6.62. The van der Waals surface area contributed by atoms with Crippen LogP contribution in [0, 0.1) is 0 Å². The summed E-state index contributed by atoms with van der Waals surface area (Å²) in [6.07, 6.45) is 19.6. The first kappa shape index (κ1) is 21.1. The van der Waals surface area contributed by atoms with Crippen LogP contribution >= 0.6 is 0 Å². The molecule has 0 bridgehead atoms. The van der Waals surface area contributed by atoms with Crippen LogP contribution in [0.3, 0.4) is 0 Å². The number of hydrogen-bond acceptors (Lipinski definition) is 0. The van der Waals surface area contributed by atoms with Gasteiger partial charge in [-0.2, -0.15) is 0 Å². The monoisotopic (exact) mass is 409 g/mol. The molecular weight excluding hydrogens is 371 g/mol. The Morgan fingerprint density at radius 3 is 1.42 bits per heavy atom. The van der Waals surface area contributed by atoms with Crippen LogP contribution in [0.15, 0.2) is 48.5 Å². The van der Waals surface area contributed by atoms with Gasteiger partial charge in [0.05, 0.1) is 0 Å². The quantitative estimate of drug-likeness (QED) is 0.300. The van der Waals surface area contributed by atoms with Gasteiger partial charge in [0.2, 0.25) is 0 Å². The van der Waals surface area contributed by atoms with E-state index in [2.05, 4.69) is 55.8 Å². The van der Waals surface area contributed by atoms with Crippen molar-refractivity contribution in [3.05, 3.63) is 54.1 Å². The topological polar surface area (TPSA) is 0 Å². The molecule has 2 saturated carbocycles. The molecule has 161 valence electrons. The molecule has 3 aromatic rings. The summed E-state index contributed by atoms with van der Waals surface area (Å²) in [6, 6.07) is 18.7. The van der Waals surface area contributed by atoms with E-state index in [1.165, 1.54) is 117 Å². The Morgan fingerprint density at radius 2 is 0.903 bits per heavy atom. The summed E-state index contributed by atoms with van der Waals surface area (Å²) in [5, 5.41) is 6.06. The lowest BCUT2D eigenvalue weighted by Gasteiger charge is -2.26. The van der Waals surface area contributed by atoms with Gasteiger partial charge in [0, 0.05) is 0 Å². The van der Waals surface area contributed by atoms with E-state index in [9.17, 15) is 0 Å². The van der Waals surface area contributed by atoms with Crippen molar-refractivity contribution in [2.75, 3.05) is 0 Å². The molecule has 0 spiro atoms. The van der Waals surface area contributed by atoms with E-state index >= 15 is 0 Å². The Labute approximate surface area is 190 Å². The van der Waals surface area contributed by atoms with Crippen LogP contribution in [0.25, 0.3) is 21.5 Å². The van der Waals surface area contributed by atoms with Gasteiger partial charge in [0.15, 0.2) is 7.28 Å². The maximum atomic E-state index is 2.68. The van der Waals surface area contributed by atoms with Crippen molar-refractivity contribution in [2.24, 2.45) is 0 Å². The molecule has 2 fully saturated rings. The molecule has 0 aliphatic heterocycles. The van der Waals surface area contributed by atoms with E-state index in [4.69, 9.17) is 0 Å². The van der Waals surface area contributed by atoms with Crippen molar-refractivity contribution in [2.45, 2.75) is 102 Å². The van der Waals surface area contributed by atoms with E-state index in [0.29, 0.717) is 5.92 Å². The maximum Gasteiger partial charge on any atom is 0.156 e. The molecular formula is C30H38B. The zero-order valence-corrected chi connectivity index (χ0v) is 19.3. The van der Waals surface area contributed by atoms with Crippen molar-refractivity contribution in [3.8, 4) is 0 Å². The standard InChI is InChI=1S/C30H38B/c1-3-7-15-23(16-8-4-1)29-25-19-11-13-21-27(25)30(28-22-14-12-20-26(28)29)31-24-17-9-5-2-6-10-18-24/h11-14,19-24H,1-10,15-18H2. The molecule has 2 aliphatic rings. The number of rotatable bonds is 3. The minimum atomic E-state index is 0.713. The van der Waals surface area contributed by atoms with Gasteiger partial charge < -0.3 is 0 Å². The number of hydrogen-bond donors (Lipinski definition) is 0. The average molecular weight is 409 g/mol. The fraction of sp³-hybridized carbons (Fsp3) is 0.533. The summed E-state index contributed by atoms with van der Waals surface area (Å²) in [4.78, 5) is 0. The summed E-state index contributed by atoms with van der Waals surface area (Å²) in [5.41, 5.74) is 3.18. The first-order valence-electron chi connectivity index (χ1n) is 13.2. The van der Waals surface area contributed by atoms with E-state index in [-0.39, 0.29) is 0 Å². The second-order valence-corrected chi connectivity index (χ2v) is 10.2. The highest BCUT2D eigenvalue weighted by atomic mass is 14.2. The maximum absolute atomic E-state index is 2.68. The molecule has 0 N–H and O–H groups in total. The van der Waals surface area contributed by atoms with Gasteiger partial charge in [-0.1, -0.05) is 137 Å². The van der Waals surface area contributed by atoms with Gasteiger partial charge >= 0.3 is 0 Å². The van der Waals surface area contributed by atoms with Gasteiger partial charge in [-0.25, -0.2) is 0 Å². The molecule has 1 heteroatoms. The van der Waals surface area contributed by atoms with Crippen LogP contribution in [0.1, 0.15) is 101 Å². The molecule has 5 rings (SSSR count). The summed E-state index contributed by atoms with van der Waals surface area (Å²) >= 11 is 0. The lowest BCUT2D eigenvalue weighted by Crippen LogP contribution is -2.23. The third-order valence-corrected chi connectivity index (χ3v) is 8.08. The Kier molecular flexibility index (Phi) is 6.97. The van der Waals surface area contributed by atoms with Crippen molar-refractivity contribution >= 4 is 34.3 Å². The largest absolute Gasteiger partial charge is 0.156 e. The minimum Gasteiger partial charge on any atom is -0.0721 e. The van der Waals surface area contributed by atoms with Gasteiger partial charge in [0.1, 0.15) is 0 Å². The van der Waals surface area contributed by atoms with Crippen molar-refractivity contribution in [1.29, 1.82) is 0 Å². The van der Waals surface area contributed by atoms with E-state index < -0.39 is 0 Å². The fourth-order valence-electron chi connectivity index (χ4n) is 6.45. The van der Waals surface area contributed by atoms with E-state index in [1.54, 1.807) is 5.56 Å². The van der Waals surface area contributed by atoms with Gasteiger partial charge in [-0.15, -0.1) is 0 Å². The Morgan fingerprint density at radius 1 is 0.484 bits per heavy atom. The zero-order valence-electron chi connectivity index (χ0n) is 19.3. The molecule has 2 aliphatic carbocycles. The van der Waals surface area contributed by atoms with Crippen LogP contribution in [-0.4, -0.2) is 7.28 Å². The third kappa shape index (κ3) is 4.71. The highest BCUT2D eigenvalue weighted by Gasteiger charge is 2.23. The van der Waals surface area contributed by atoms with Crippen molar-refractivity contribution in [3.63, 3.8) is 0 Å². The summed E-state index contributed by atoms with van der Waals surface area (Å²) in [6.45, 7) is 0. The molecule has 31 heavy (non-hydrogen) atoms. The SMILES string of the molecule is [B](c1c2ccccc2c(C2CCCCCCC2)c2ccccc12)C1CCCCCCC1. The molecule has 0 nitrogen and oxygen atoms in total. The van der Waals surface area contributed by atoms with Crippen LogP contribution < -0.4 is 5.46 Å². The van der Waals surface area contributed by atoms with Gasteiger partial charge in [-0.3, -0.25) is 0 Å². The molecule has 0 aromatic heterocycles. The minimum absolute atomic E-state index is 0.713. The summed E-state index contributed by atoms with van der Waals surface area (Å²) < 4.78 is 0. The zero-order chi connectivity index (χ0) is 20.9. The molecule has 0 saturated heterocycles. The van der Waals surface area contributed by atoms with Crippen LogP contribution in [0.2, 0.25) is 5.82 Å². The smallest absolute Gasteiger partial charge is 0.0721 e. The fourth-order valence-corrected chi connectivity index (χ4v) is 6.45. The Balaban J connectivity index is 1.62. The lowest BCUT2D eigenvalue weighted by atomic mass is 9.53. The second-order valence-electron chi connectivity index (χ2n) is 10.2. The number of benzene rings is 3. The summed E-state index contributed by atoms with van der Waals surface area (Å²) in [5.74, 6) is 1.45. The van der Waals surface area contributed by atoms with E-state index in [0.717, 1.165) is 5.82 Å². The predicted molar refractivity (Wildman–Crippen MR) is 138 cm³/mol. The molecule has 0 amide bonds. The Hall–Kier alpha value is -1.76. The van der Waals surface area contributed by atoms with Gasteiger partial charge in [-0.05, 0) is 45.9 Å². The second kappa shape index (κ2) is 10.2. The molecule has 0 unspecified atom stereocenters.